The van der Waals surface area contributed by atoms with Crippen LogP contribution in [0.2, 0.25) is 0 Å². The van der Waals surface area contributed by atoms with Crippen molar-refractivity contribution in [2.24, 2.45) is 5.92 Å². The molecule has 16 heavy (non-hydrogen) atoms. The number of phenolic OH excluding ortho intramolecular Hbond substituents is 1. The Morgan fingerprint density at radius 3 is 2.94 bits per heavy atom. The second kappa shape index (κ2) is 4.02. The van der Waals surface area contributed by atoms with Crippen molar-refractivity contribution in [2.45, 2.75) is 19.1 Å². The molecule has 0 spiro atoms. The van der Waals surface area contributed by atoms with E-state index in [2.05, 4.69) is 0 Å². The second-order valence-electron chi connectivity index (χ2n) is 3.86. The molecule has 2 atom stereocenters. The first-order valence-electron chi connectivity index (χ1n) is 4.94. The van der Waals surface area contributed by atoms with Crippen molar-refractivity contribution < 1.29 is 24.9 Å². The van der Waals surface area contributed by atoms with Crippen molar-refractivity contribution in [1.29, 1.82) is 0 Å². The van der Waals surface area contributed by atoms with E-state index in [0.717, 1.165) is 5.56 Å². The first-order valence-corrected chi connectivity index (χ1v) is 4.94. The lowest BCUT2D eigenvalue weighted by atomic mass is 9.92. The standard InChI is InChI=1S/C11H12O5/c12-8-2-1-6-3-7(4-10(13)14)11(15)16-9(6)5-8/h1-2,5,7,11-12,15H,3-4H2,(H,13,14). The van der Waals surface area contributed by atoms with Crippen LogP contribution in [0.1, 0.15) is 12.0 Å². The number of aliphatic hydroxyl groups is 1. The van der Waals surface area contributed by atoms with Crippen molar-refractivity contribution in [3.63, 3.8) is 0 Å². The van der Waals surface area contributed by atoms with Gasteiger partial charge >= 0.3 is 5.97 Å². The Labute approximate surface area is 91.9 Å². The summed E-state index contributed by atoms with van der Waals surface area (Å²) in [6.07, 6.45) is -0.838. The minimum Gasteiger partial charge on any atom is -0.508 e. The number of hydrogen-bond acceptors (Lipinski definition) is 4. The minimum absolute atomic E-state index is 0.0580. The predicted molar refractivity (Wildman–Crippen MR) is 54.2 cm³/mol. The first-order chi connectivity index (χ1) is 7.56. The first kappa shape index (κ1) is 10.8. The molecule has 3 N–H and O–H groups in total. The van der Waals surface area contributed by atoms with E-state index in [1.54, 1.807) is 6.07 Å². The lowest BCUT2D eigenvalue weighted by Crippen LogP contribution is -2.34. The summed E-state index contributed by atoms with van der Waals surface area (Å²) < 4.78 is 5.16. The molecule has 0 saturated heterocycles. The van der Waals surface area contributed by atoms with Crippen molar-refractivity contribution in [3.8, 4) is 11.5 Å². The van der Waals surface area contributed by atoms with Crippen molar-refractivity contribution >= 4 is 5.97 Å². The van der Waals surface area contributed by atoms with Crippen molar-refractivity contribution in [2.75, 3.05) is 0 Å². The van der Waals surface area contributed by atoms with Gasteiger partial charge in [-0.3, -0.25) is 4.79 Å². The molecule has 1 heterocycles. The van der Waals surface area contributed by atoms with Crippen LogP contribution in [0.15, 0.2) is 18.2 Å². The summed E-state index contributed by atoms with van der Waals surface area (Å²) in [4.78, 5) is 10.6. The third kappa shape index (κ3) is 2.09. The van der Waals surface area contributed by atoms with Crippen LogP contribution in [-0.2, 0) is 11.2 Å². The number of carboxylic acid groups (broad SMARTS) is 1. The summed E-state index contributed by atoms with van der Waals surface area (Å²) in [6.45, 7) is 0. The lowest BCUT2D eigenvalue weighted by molar-refractivity contribution is -0.143. The average Bonchev–Trinajstić information content (AvgIpc) is 2.19. The van der Waals surface area contributed by atoms with Crippen LogP contribution in [0.3, 0.4) is 0 Å². The maximum Gasteiger partial charge on any atom is 0.303 e. The topological polar surface area (TPSA) is 87.0 Å². The van der Waals surface area contributed by atoms with E-state index in [1.807, 2.05) is 0 Å². The zero-order chi connectivity index (χ0) is 11.7. The Balaban J connectivity index is 2.21. The predicted octanol–water partition coefficient (Wildman–Crippen LogP) is 0.736. The Morgan fingerprint density at radius 1 is 1.50 bits per heavy atom. The highest BCUT2D eigenvalue weighted by Gasteiger charge is 2.30. The Morgan fingerprint density at radius 2 is 2.25 bits per heavy atom. The van der Waals surface area contributed by atoms with E-state index in [-0.39, 0.29) is 12.2 Å². The molecule has 2 unspecified atom stereocenters. The molecular formula is C11H12O5. The molecule has 0 saturated carbocycles. The number of aromatic hydroxyl groups is 1. The van der Waals surface area contributed by atoms with Gasteiger partial charge in [-0.15, -0.1) is 0 Å². The maximum atomic E-state index is 10.6. The van der Waals surface area contributed by atoms with Gasteiger partial charge in [-0.05, 0) is 18.1 Å². The van der Waals surface area contributed by atoms with Crippen molar-refractivity contribution in [3.05, 3.63) is 23.8 Å². The molecule has 5 nitrogen and oxygen atoms in total. The Kier molecular flexibility index (Phi) is 2.70. The van der Waals surface area contributed by atoms with E-state index >= 15 is 0 Å². The van der Waals surface area contributed by atoms with Gasteiger partial charge in [0.2, 0.25) is 6.29 Å². The smallest absolute Gasteiger partial charge is 0.303 e. The number of ether oxygens (including phenoxy) is 1. The molecule has 0 fully saturated rings. The maximum absolute atomic E-state index is 10.6. The van der Waals surface area contributed by atoms with Gasteiger partial charge in [0.25, 0.3) is 0 Å². The van der Waals surface area contributed by atoms with Gasteiger partial charge in [-0.1, -0.05) is 6.07 Å². The fourth-order valence-electron chi connectivity index (χ4n) is 1.83. The molecule has 1 aromatic rings. The van der Waals surface area contributed by atoms with Gasteiger partial charge in [0.05, 0.1) is 6.42 Å². The number of rotatable bonds is 2. The minimum atomic E-state index is -1.13. The summed E-state index contributed by atoms with van der Waals surface area (Å²) in [7, 11) is 0. The highest BCUT2D eigenvalue weighted by Crippen LogP contribution is 2.33. The molecule has 2 rings (SSSR count). The zero-order valence-electron chi connectivity index (χ0n) is 8.46. The van der Waals surface area contributed by atoms with E-state index in [9.17, 15) is 15.0 Å². The molecule has 1 aliphatic rings. The molecule has 0 radical (unpaired) electrons. The second-order valence-corrected chi connectivity index (χ2v) is 3.86. The monoisotopic (exact) mass is 224 g/mol. The SMILES string of the molecule is O=C(O)CC1Cc2ccc(O)cc2OC1O. The number of hydrogen-bond donors (Lipinski definition) is 3. The van der Waals surface area contributed by atoms with Crippen LogP contribution in [0.25, 0.3) is 0 Å². The number of phenols is 1. The third-order valence-electron chi connectivity index (χ3n) is 2.62. The number of fused-ring (bicyclic) bond motifs is 1. The molecule has 0 amide bonds. The van der Waals surface area contributed by atoms with Gasteiger partial charge < -0.3 is 20.1 Å². The normalized spacial score (nSPS) is 23.3. The van der Waals surface area contributed by atoms with Crippen LogP contribution in [0, 0.1) is 5.92 Å². The molecule has 0 aliphatic carbocycles. The van der Waals surface area contributed by atoms with Crippen LogP contribution in [0.5, 0.6) is 11.5 Å². The van der Waals surface area contributed by atoms with Crippen LogP contribution in [-0.4, -0.2) is 27.6 Å². The van der Waals surface area contributed by atoms with Gasteiger partial charge in [0.1, 0.15) is 11.5 Å². The van der Waals surface area contributed by atoms with Gasteiger partial charge in [0, 0.05) is 12.0 Å². The summed E-state index contributed by atoms with van der Waals surface area (Å²) in [5.74, 6) is -0.943. The molecule has 5 heteroatoms. The molecule has 0 bridgehead atoms. The summed E-state index contributed by atoms with van der Waals surface area (Å²) in [6, 6.07) is 4.60. The number of carboxylic acids is 1. The van der Waals surface area contributed by atoms with Crippen molar-refractivity contribution in [1.82, 2.24) is 0 Å². The zero-order valence-corrected chi connectivity index (χ0v) is 8.46. The number of benzene rings is 1. The van der Waals surface area contributed by atoms with E-state index in [0.29, 0.717) is 12.2 Å². The van der Waals surface area contributed by atoms with Gasteiger partial charge in [0.15, 0.2) is 0 Å². The quantitative estimate of drug-likeness (QED) is 0.689. The summed E-state index contributed by atoms with van der Waals surface area (Å²) in [5, 5.41) is 27.5. The lowest BCUT2D eigenvalue weighted by Gasteiger charge is -2.29. The number of carbonyl (C=O) groups is 1. The van der Waals surface area contributed by atoms with Crippen LogP contribution < -0.4 is 4.74 Å². The van der Waals surface area contributed by atoms with E-state index < -0.39 is 18.2 Å². The van der Waals surface area contributed by atoms with Gasteiger partial charge in [-0.25, -0.2) is 0 Å². The Hall–Kier alpha value is -1.75. The highest BCUT2D eigenvalue weighted by molar-refractivity contribution is 5.67. The van der Waals surface area contributed by atoms with Crippen LogP contribution in [0.4, 0.5) is 0 Å². The fraction of sp³-hybridized carbons (Fsp3) is 0.364. The summed E-state index contributed by atoms with van der Waals surface area (Å²) in [5.41, 5.74) is 0.800. The van der Waals surface area contributed by atoms with Gasteiger partial charge in [-0.2, -0.15) is 0 Å². The molecule has 1 aromatic carbocycles. The third-order valence-corrected chi connectivity index (χ3v) is 2.62. The summed E-state index contributed by atoms with van der Waals surface area (Å²) >= 11 is 0. The number of aliphatic hydroxyl groups excluding tert-OH is 1. The van der Waals surface area contributed by atoms with Crippen LogP contribution >= 0.6 is 0 Å². The molecule has 1 aliphatic heterocycles. The van der Waals surface area contributed by atoms with E-state index in [4.69, 9.17) is 9.84 Å². The Bertz CT molecular complexity index is 415. The average molecular weight is 224 g/mol. The highest BCUT2D eigenvalue weighted by atomic mass is 16.6. The van der Waals surface area contributed by atoms with E-state index in [1.165, 1.54) is 12.1 Å². The molecule has 0 aromatic heterocycles. The molecular weight excluding hydrogens is 212 g/mol. The molecule has 86 valence electrons. The fourth-order valence-corrected chi connectivity index (χ4v) is 1.83. The largest absolute Gasteiger partial charge is 0.508 e. The number of aliphatic carboxylic acids is 1.